The van der Waals surface area contributed by atoms with Gasteiger partial charge in [0.05, 0.1) is 0 Å². The molecule has 0 radical (unpaired) electrons. The standard InChI is InChI=1S/C12H28O4Si.C3H8O.2H2O.Ti/c1-7-10(4)14-17(13,15-11(5)8-2)16-12(6)9-3;1-2-3-4;;;/h10-13H,7-9H2,1-6H3;4H,2-3H2,1H3;2*1H2;. The van der Waals surface area contributed by atoms with Crippen molar-refractivity contribution in [2.24, 2.45) is 0 Å². The fourth-order valence-electron chi connectivity index (χ4n) is 1.10. The molecule has 9 heteroatoms. The second-order valence-corrected chi connectivity index (χ2v) is 7.01. The SMILES string of the molecule is CCC(C)O[Si](O)(OC(C)CC)OC(C)CC.CCCO.O.O.[Ti]. The van der Waals surface area contributed by atoms with E-state index in [1.54, 1.807) is 0 Å². The van der Waals surface area contributed by atoms with E-state index >= 15 is 0 Å². The summed E-state index contributed by atoms with van der Waals surface area (Å²) >= 11 is 0. The number of aliphatic hydroxyl groups is 1. The molecule has 0 fully saturated rings. The smallest absolute Gasteiger partial charge is 0.412 e. The summed E-state index contributed by atoms with van der Waals surface area (Å²) in [6, 6.07) is 0. The molecule has 0 aromatic rings. The third kappa shape index (κ3) is 20.7. The molecule has 0 aromatic heterocycles. The van der Waals surface area contributed by atoms with Crippen LogP contribution in [0.2, 0.25) is 0 Å². The van der Waals surface area contributed by atoms with Gasteiger partial charge in [0.2, 0.25) is 0 Å². The van der Waals surface area contributed by atoms with E-state index in [0.29, 0.717) is 6.61 Å². The first-order valence-corrected chi connectivity index (χ1v) is 9.82. The summed E-state index contributed by atoms with van der Waals surface area (Å²) in [5, 5.41) is 7.88. The molecule has 0 amide bonds. The van der Waals surface area contributed by atoms with Crippen LogP contribution in [0.5, 0.6) is 0 Å². The summed E-state index contributed by atoms with van der Waals surface area (Å²) in [7, 11) is -3.50. The normalized spacial score (nSPS) is 15.9. The average molecular weight is 408 g/mol. The predicted molar refractivity (Wildman–Crippen MR) is 95.1 cm³/mol. The molecule has 6 N–H and O–H groups in total. The van der Waals surface area contributed by atoms with Gasteiger partial charge in [0.1, 0.15) is 0 Å². The topological polar surface area (TPSA) is 131 Å². The molecule has 24 heavy (non-hydrogen) atoms. The minimum Gasteiger partial charge on any atom is -0.412 e. The third-order valence-electron chi connectivity index (χ3n) is 3.00. The summed E-state index contributed by atoms with van der Waals surface area (Å²) < 4.78 is 16.7. The molecule has 0 rings (SSSR count). The van der Waals surface area contributed by atoms with Gasteiger partial charge < -0.3 is 34.1 Å². The van der Waals surface area contributed by atoms with Crippen molar-refractivity contribution in [2.45, 2.75) is 92.5 Å². The summed E-state index contributed by atoms with van der Waals surface area (Å²) in [5.74, 6) is 0. The van der Waals surface area contributed by atoms with Gasteiger partial charge in [0.15, 0.2) is 0 Å². The summed E-state index contributed by atoms with van der Waals surface area (Å²) in [4.78, 5) is 10.4. The largest absolute Gasteiger partial charge is 0.677 e. The van der Waals surface area contributed by atoms with E-state index in [1.165, 1.54) is 0 Å². The molecule has 0 aliphatic rings. The quantitative estimate of drug-likeness (QED) is 0.530. The Morgan fingerprint density at radius 1 is 0.750 bits per heavy atom. The van der Waals surface area contributed by atoms with Crippen LogP contribution in [0.4, 0.5) is 0 Å². The molecule has 0 heterocycles. The Kier molecular flexibility index (Phi) is 32.3. The van der Waals surface area contributed by atoms with Crippen molar-refractivity contribution < 1.29 is 55.9 Å². The van der Waals surface area contributed by atoms with Crippen molar-refractivity contribution in [3.05, 3.63) is 0 Å². The van der Waals surface area contributed by atoms with Crippen LogP contribution < -0.4 is 0 Å². The van der Waals surface area contributed by atoms with Gasteiger partial charge in [-0.05, 0) is 46.5 Å². The van der Waals surface area contributed by atoms with E-state index in [4.69, 9.17) is 18.4 Å². The third-order valence-corrected chi connectivity index (χ3v) is 5.10. The van der Waals surface area contributed by atoms with Crippen molar-refractivity contribution in [3.8, 4) is 0 Å². The second-order valence-electron chi connectivity index (χ2n) is 5.26. The van der Waals surface area contributed by atoms with Gasteiger partial charge in [0, 0.05) is 46.6 Å². The maximum Gasteiger partial charge on any atom is 0.677 e. The molecule has 0 saturated carbocycles. The minimum atomic E-state index is -3.50. The number of hydrogen-bond donors (Lipinski definition) is 2. The zero-order valence-electron chi connectivity index (χ0n) is 16.4. The van der Waals surface area contributed by atoms with E-state index in [1.807, 2.05) is 48.5 Å². The molecule has 150 valence electrons. The first-order chi connectivity index (χ1) is 9.78. The fraction of sp³-hybridized carbons (Fsp3) is 1.00. The van der Waals surface area contributed by atoms with Crippen LogP contribution in [0.15, 0.2) is 0 Å². The number of rotatable bonds is 10. The van der Waals surface area contributed by atoms with Crippen molar-refractivity contribution in [3.63, 3.8) is 0 Å². The van der Waals surface area contributed by atoms with Crippen LogP contribution >= 0.6 is 0 Å². The van der Waals surface area contributed by atoms with Crippen LogP contribution in [0, 0.1) is 0 Å². The van der Waals surface area contributed by atoms with Crippen LogP contribution in [0.25, 0.3) is 0 Å². The molecular formula is C15H40O7SiTi. The number of hydrogen-bond acceptors (Lipinski definition) is 5. The molecule has 0 saturated heterocycles. The van der Waals surface area contributed by atoms with Crippen LogP contribution in [0.1, 0.15) is 74.1 Å². The van der Waals surface area contributed by atoms with Gasteiger partial charge in [-0.15, -0.1) is 0 Å². The van der Waals surface area contributed by atoms with Crippen LogP contribution in [-0.2, 0) is 35.0 Å². The van der Waals surface area contributed by atoms with Gasteiger partial charge in [-0.25, -0.2) is 0 Å². The Morgan fingerprint density at radius 3 is 1.08 bits per heavy atom. The van der Waals surface area contributed by atoms with Gasteiger partial charge in [-0.1, -0.05) is 27.7 Å². The Balaban J connectivity index is -0.000000154. The van der Waals surface area contributed by atoms with Crippen molar-refractivity contribution in [2.75, 3.05) is 6.61 Å². The van der Waals surface area contributed by atoms with Crippen molar-refractivity contribution in [1.29, 1.82) is 0 Å². The molecule has 0 aliphatic carbocycles. The Bertz CT molecular complexity index is 205. The van der Waals surface area contributed by atoms with E-state index in [9.17, 15) is 4.80 Å². The summed E-state index contributed by atoms with van der Waals surface area (Å²) in [6.45, 7) is 14.0. The van der Waals surface area contributed by atoms with Crippen LogP contribution in [-0.4, -0.2) is 54.8 Å². The monoisotopic (exact) mass is 408 g/mol. The Morgan fingerprint density at radius 2 is 0.958 bits per heavy atom. The maximum atomic E-state index is 10.4. The molecule has 0 aromatic carbocycles. The fourth-order valence-corrected chi connectivity index (χ4v) is 3.29. The second kappa shape index (κ2) is 21.7. The molecule has 0 spiro atoms. The van der Waals surface area contributed by atoms with E-state index in [2.05, 4.69) is 0 Å². The summed E-state index contributed by atoms with van der Waals surface area (Å²) in [6.07, 6.45) is 3.18. The Labute approximate surface area is 164 Å². The Hall–Kier alpha value is 0.651. The molecule has 3 unspecified atom stereocenters. The average Bonchev–Trinajstić information content (AvgIpc) is 2.46. The van der Waals surface area contributed by atoms with Gasteiger partial charge in [0.25, 0.3) is 0 Å². The number of aliphatic hydroxyl groups excluding tert-OH is 1. The first kappa shape index (κ1) is 35.7. The van der Waals surface area contributed by atoms with Gasteiger partial charge in [-0.2, -0.15) is 0 Å². The van der Waals surface area contributed by atoms with Crippen molar-refractivity contribution in [1.82, 2.24) is 0 Å². The maximum absolute atomic E-state index is 10.4. The van der Waals surface area contributed by atoms with Gasteiger partial charge in [-0.3, -0.25) is 0 Å². The predicted octanol–water partition coefficient (Wildman–Crippen LogP) is 1.60. The van der Waals surface area contributed by atoms with E-state index < -0.39 is 9.05 Å². The molecule has 3 atom stereocenters. The molecule has 0 aliphatic heterocycles. The van der Waals surface area contributed by atoms with E-state index in [0.717, 1.165) is 25.7 Å². The molecule has 7 nitrogen and oxygen atoms in total. The minimum absolute atomic E-state index is 0. The van der Waals surface area contributed by atoms with Gasteiger partial charge >= 0.3 is 9.05 Å². The zero-order valence-corrected chi connectivity index (χ0v) is 18.9. The molecular weight excluding hydrogens is 368 g/mol. The zero-order chi connectivity index (χ0) is 16.9. The van der Waals surface area contributed by atoms with Crippen LogP contribution in [0.3, 0.4) is 0 Å². The van der Waals surface area contributed by atoms with Crippen molar-refractivity contribution >= 4 is 9.05 Å². The van der Waals surface area contributed by atoms with E-state index in [-0.39, 0.29) is 51.0 Å². The summed E-state index contributed by atoms with van der Waals surface area (Å²) in [5.41, 5.74) is 0. The molecule has 0 bridgehead atoms. The first-order valence-electron chi connectivity index (χ1n) is 8.14.